The van der Waals surface area contributed by atoms with Crippen LogP contribution in [0.1, 0.15) is 10.4 Å². The fraction of sp³-hybridized carbons (Fsp3) is 0.222. The Morgan fingerprint density at radius 1 is 1.27 bits per heavy atom. The highest BCUT2D eigenvalue weighted by Crippen LogP contribution is 2.36. The quantitative estimate of drug-likeness (QED) is 0.548. The molecule has 0 unspecified atom stereocenters. The zero-order valence-corrected chi connectivity index (χ0v) is 15.9. The van der Waals surface area contributed by atoms with Crippen LogP contribution < -0.4 is 14.8 Å². The van der Waals surface area contributed by atoms with Gasteiger partial charge in [-0.3, -0.25) is 4.79 Å². The van der Waals surface area contributed by atoms with Crippen molar-refractivity contribution in [3.8, 4) is 11.5 Å². The lowest BCUT2D eigenvalue weighted by Crippen LogP contribution is -2.27. The molecular formula is C18H18ClNO5S. The lowest BCUT2D eigenvalue weighted by molar-refractivity contribution is -0.143. The number of esters is 1. The first-order valence-electron chi connectivity index (χ1n) is 7.59. The van der Waals surface area contributed by atoms with Crippen molar-refractivity contribution in [2.75, 3.05) is 20.8 Å². The van der Waals surface area contributed by atoms with Gasteiger partial charge in [-0.1, -0.05) is 17.7 Å². The maximum Gasteiger partial charge on any atom is 0.331 e. The van der Waals surface area contributed by atoms with Crippen LogP contribution in [0.3, 0.4) is 0 Å². The lowest BCUT2D eigenvalue weighted by Gasteiger charge is -2.10. The zero-order valence-electron chi connectivity index (χ0n) is 14.3. The monoisotopic (exact) mass is 395 g/mol. The van der Waals surface area contributed by atoms with Crippen LogP contribution in [-0.2, 0) is 20.9 Å². The Bertz CT molecular complexity index is 789. The number of amides is 1. The van der Waals surface area contributed by atoms with Crippen molar-refractivity contribution in [3.05, 3.63) is 51.2 Å². The topological polar surface area (TPSA) is 73.9 Å². The molecule has 0 saturated carbocycles. The van der Waals surface area contributed by atoms with Gasteiger partial charge in [-0.2, -0.15) is 0 Å². The van der Waals surface area contributed by atoms with Gasteiger partial charge in [-0.15, -0.1) is 11.3 Å². The van der Waals surface area contributed by atoms with E-state index < -0.39 is 5.97 Å². The SMILES string of the molecule is COc1cc(/C=C/C(=O)OCC(=O)NCc2cccs2)cc(Cl)c1OC. The van der Waals surface area contributed by atoms with Crippen LogP contribution in [0.25, 0.3) is 6.08 Å². The molecule has 0 fully saturated rings. The number of halogens is 1. The molecule has 26 heavy (non-hydrogen) atoms. The van der Waals surface area contributed by atoms with Crippen molar-refractivity contribution in [3.63, 3.8) is 0 Å². The first kappa shape index (κ1) is 19.8. The van der Waals surface area contributed by atoms with Crippen molar-refractivity contribution in [2.45, 2.75) is 6.54 Å². The van der Waals surface area contributed by atoms with E-state index in [0.29, 0.717) is 28.6 Å². The summed E-state index contributed by atoms with van der Waals surface area (Å²) in [6.45, 7) is 0.0648. The predicted octanol–water partition coefficient (Wildman–Crippen LogP) is 3.29. The summed E-state index contributed by atoms with van der Waals surface area (Å²) in [5, 5.41) is 4.95. The Morgan fingerprint density at radius 2 is 2.08 bits per heavy atom. The van der Waals surface area contributed by atoms with E-state index in [1.807, 2.05) is 17.5 Å². The molecule has 0 radical (unpaired) electrons. The number of benzene rings is 1. The summed E-state index contributed by atoms with van der Waals surface area (Å²) in [5.41, 5.74) is 0.631. The normalized spacial score (nSPS) is 10.6. The van der Waals surface area contributed by atoms with Crippen LogP contribution >= 0.6 is 22.9 Å². The zero-order chi connectivity index (χ0) is 18.9. The molecule has 2 rings (SSSR count). The van der Waals surface area contributed by atoms with Crippen molar-refractivity contribution < 1.29 is 23.8 Å². The molecule has 2 aromatic rings. The lowest BCUT2D eigenvalue weighted by atomic mass is 10.2. The van der Waals surface area contributed by atoms with E-state index in [2.05, 4.69) is 5.32 Å². The third kappa shape index (κ3) is 5.79. The number of hydrogen-bond donors (Lipinski definition) is 1. The van der Waals surface area contributed by atoms with E-state index in [9.17, 15) is 9.59 Å². The van der Waals surface area contributed by atoms with Gasteiger partial charge in [0.05, 0.1) is 25.8 Å². The van der Waals surface area contributed by atoms with Gasteiger partial charge in [-0.05, 0) is 35.2 Å². The third-order valence-corrected chi connectivity index (χ3v) is 4.41. The standard InChI is InChI=1S/C18H18ClNO5S/c1-23-15-9-12(8-14(19)18(15)24-2)5-6-17(22)25-11-16(21)20-10-13-4-3-7-26-13/h3-9H,10-11H2,1-2H3,(H,20,21)/b6-5+. The Balaban J connectivity index is 1.85. The third-order valence-electron chi connectivity index (χ3n) is 3.25. The Hall–Kier alpha value is -2.51. The molecule has 0 aliphatic carbocycles. The summed E-state index contributed by atoms with van der Waals surface area (Å²) >= 11 is 7.64. The molecule has 6 nitrogen and oxygen atoms in total. The summed E-state index contributed by atoms with van der Waals surface area (Å²) in [6, 6.07) is 7.11. The van der Waals surface area contributed by atoms with Gasteiger partial charge in [0.1, 0.15) is 0 Å². The maximum atomic E-state index is 11.7. The van der Waals surface area contributed by atoms with Crippen LogP contribution in [-0.4, -0.2) is 32.7 Å². The van der Waals surface area contributed by atoms with Gasteiger partial charge in [0.25, 0.3) is 5.91 Å². The van der Waals surface area contributed by atoms with Crippen molar-refractivity contribution in [2.24, 2.45) is 0 Å². The van der Waals surface area contributed by atoms with Crippen LogP contribution in [0.2, 0.25) is 5.02 Å². The van der Waals surface area contributed by atoms with Crippen LogP contribution in [0, 0.1) is 0 Å². The molecule has 138 valence electrons. The van der Waals surface area contributed by atoms with Gasteiger partial charge >= 0.3 is 5.97 Å². The fourth-order valence-corrected chi connectivity index (χ4v) is 2.97. The number of ether oxygens (including phenoxy) is 3. The van der Waals surface area contributed by atoms with Crippen LogP contribution in [0.15, 0.2) is 35.7 Å². The van der Waals surface area contributed by atoms with E-state index in [1.165, 1.54) is 37.7 Å². The summed E-state index contributed by atoms with van der Waals surface area (Å²) in [4.78, 5) is 24.4. The average Bonchev–Trinajstić information content (AvgIpc) is 3.16. The highest BCUT2D eigenvalue weighted by Gasteiger charge is 2.10. The Labute approximate surface area is 160 Å². The minimum absolute atomic E-state index is 0.346. The number of rotatable bonds is 8. The number of nitrogens with one attached hydrogen (secondary N) is 1. The molecule has 1 aromatic carbocycles. The van der Waals surface area contributed by atoms with Crippen molar-refractivity contribution in [1.82, 2.24) is 5.32 Å². The van der Waals surface area contributed by atoms with Gasteiger partial charge in [0.2, 0.25) is 0 Å². The molecule has 1 heterocycles. The van der Waals surface area contributed by atoms with E-state index >= 15 is 0 Å². The highest BCUT2D eigenvalue weighted by atomic mass is 35.5. The minimum Gasteiger partial charge on any atom is -0.493 e. The van der Waals surface area contributed by atoms with Gasteiger partial charge < -0.3 is 19.5 Å². The molecule has 0 atom stereocenters. The van der Waals surface area contributed by atoms with E-state index in [4.69, 9.17) is 25.8 Å². The number of carbonyl (C=O) groups is 2. The molecule has 1 amide bonds. The summed E-state index contributed by atoms with van der Waals surface area (Å²) < 4.78 is 15.2. The average molecular weight is 396 g/mol. The summed E-state index contributed by atoms with van der Waals surface area (Å²) in [7, 11) is 2.98. The first-order chi connectivity index (χ1) is 12.5. The first-order valence-corrected chi connectivity index (χ1v) is 8.84. The molecule has 0 spiro atoms. The van der Waals surface area contributed by atoms with Gasteiger partial charge in [0, 0.05) is 11.0 Å². The molecule has 8 heteroatoms. The van der Waals surface area contributed by atoms with Gasteiger partial charge in [-0.25, -0.2) is 4.79 Å². The number of hydrogen-bond acceptors (Lipinski definition) is 6. The predicted molar refractivity (Wildman–Crippen MR) is 101 cm³/mol. The Kier molecular flexibility index (Phi) is 7.50. The second-order valence-corrected chi connectivity index (χ2v) is 6.47. The largest absolute Gasteiger partial charge is 0.493 e. The molecule has 0 bridgehead atoms. The van der Waals surface area contributed by atoms with E-state index in [1.54, 1.807) is 12.1 Å². The molecule has 0 saturated heterocycles. The van der Waals surface area contributed by atoms with Crippen molar-refractivity contribution in [1.29, 1.82) is 0 Å². The number of carbonyl (C=O) groups excluding carboxylic acids is 2. The van der Waals surface area contributed by atoms with Crippen LogP contribution in [0.5, 0.6) is 11.5 Å². The second-order valence-electron chi connectivity index (χ2n) is 5.04. The van der Waals surface area contributed by atoms with E-state index in [-0.39, 0.29) is 12.5 Å². The molecular weight excluding hydrogens is 378 g/mol. The Morgan fingerprint density at radius 3 is 2.73 bits per heavy atom. The van der Waals surface area contributed by atoms with Gasteiger partial charge in [0.15, 0.2) is 18.1 Å². The smallest absolute Gasteiger partial charge is 0.331 e. The number of thiophene rings is 1. The summed E-state index contributed by atoms with van der Waals surface area (Å²) in [5.74, 6) is -0.145. The fourth-order valence-electron chi connectivity index (χ4n) is 2.03. The molecule has 1 N–H and O–H groups in total. The van der Waals surface area contributed by atoms with E-state index in [0.717, 1.165) is 4.88 Å². The molecule has 1 aromatic heterocycles. The highest BCUT2D eigenvalue weighted by molar-refractivity contribution is 7.09. The molecule has 0 aliphatic rings. The van der Waals surface area contributed by atoms with Crippen molar-refractivity contribution >= 4 is 40.9 Å². The maximum absolute atomic E-state index is 11.7. The summed E-state index contributed by atoms with van der Waals surface area (Å²) in [6.07, 6.45) is 2.73. The minimum atomic E-state index is -0.637. The second kappa shape index (κ2) is 9.84. The number of methoxy groups -OCH3 is 2. The van der Waals surface area contributed by atoms with Crippen LogP contribution in [0.4, 0.5) is 0 Å². The molecule has 0 aliphatic heterocycles.